The Kier molecular flexibility index (Phi) is 13.9. The molecule has 4 amide bonds. The Hall–Kier alpha value is -4.08. The van der Waals surface area contributed by atoms with Gasteiger partial charge in [-0.25, -0.2) is 0 Å². The molecule has 0 spiro atoms. The predicted molar refractivity (Wildman–Crippen MR) is 184 cm³/mol. The number of nitrogens with zero attached hydrogens (tertiary/aromatic N) is 4. The van der Waals surface area contributed by atoms with Crippen LogP contribution in [-0.2, 0) is 28.3 Å². The average molecular weight is 718 g/mol. The molecule has 2 aliphatic heterocycles. The summed E-state index contributed by atoms with van der Waals surface area (Å²) < 4.78 is 13.3. The van der Waals surface area contributed by atoms with Crippen molar-refractivity contribution in [2.45, 2.75) is 70.5 Å². The van der Waals surface area contributed by atoms with Crippen LogP contribution < -0.4 is 20.7 Å². The highest BCUT2D eigenvalue weighted by atomic mass is 35.5. The zero-order valence-corrected chi connectivity index (χ0v) is 29.7. The van der Waals surface area contributed by atoms with Crippen LogP contribution in [0.1, 0.15) is 66.0 Å². The highest BCUT2D eigenvalue weighted by Crippen LogP contribution is 2.26. The number of aliphatic hydroxyl groups excluding tert-OH is 1. The molecule has 2 aromatic heterocycles. The van der Waals surface area contributed by atoms with Gasteiger partial charge in [0.05, 0.1) is 29.2 Å². The van der Waals surface area contributed by atoms with E-state index in [2.05, 4.69) is 26.3 Å². The number of thioether (sulfide) groups is 1. The number of aliphatic hydroxyl groups is 1. The van der Waals surface area contributed by atoms with Gasteiger partial charge >= 0.3 is 0 Å². The van der Waals surface area contributed by atoms with Crippen LogP contribution in [0.15, 0.2) is 40.9 Å². The maximum absolute atomic E-state index is 13.5. The van der Waals surface area contributed by atoms with Gasteiger partial charge in [0.15, 0.2) is 5.76 Å². The SMILES string of the molecule is CSCc1ccc(C(=O)N2CCNC(=O)[C@@H](CC(C)C)NC(=O)[C@H]([C@@H](C)O)NC(=O)c3ccc(c(Cl)c3)OCCCn3cc(nn3)CC2)o1. The van der Waals surface area contributed by atoms with E-state index < -0.39 is 35.9 Å². The molecule has 5 rings (SSSR count). The van der Waals surface area contributed by atoms with E-state index in [4.69, 9.17) is 20.8 Å². The summed E-state index contributed by atoms with van der Waals surface area (Å²) in [5.41, 5.74) is 0.843. The third-order valence-corrected chi connectivity index (χ3v) is 8.59. The molecule has 3 atom stereocenters. The third kappa shape index (κ3) is 11.0. The number of nitrogens with one attached hydrogen (secondary N) is 3. The van der Waals surface area contributed by atoms with E-state index in [0.29, 0.717) is 48.9 Å². The molecular formula is C33H44ClN7O7S. The second-order valence-electron chi connectivity index (χ2n) is 12.2. The van der Waals surface area contributed by atoms with E-state index in [-0.39, 0.29) is 54.2 Å². The molecule has 0 fully saturated rings. The number of ether oxygens (including phenoxy) is 1. The van der Waals surface area contributed by atoms with Crippen LogP contribution in [0.4, 0.5) is 0 Å². The summed E-state index contributed by atoms with van der Waals surface area (Å²) in [6.45, 7) is 6.55. The van der Waals surface area contributed by atoms with Gasteiger partial charge in [0, 0.05) is 50.8 Å². The van der Waals surface area contributed by atoms with Crippen LogP contribution in [0.3, 0.4) is 0 Å². The Balaban J connectivity index is 1.58. The second-order valence-corrected chi connectivity index (χ2v) is 13.5. The van der Waals surface area contributed by atoms with Crippen molar-refractivity contribution in [3.8, 4) is 5.75 Å². The van der Waals surface area contributed by atoms with Gasteiger partial charge in [-0.15, -0.1) is 5.10 Å². The van der Waals surface area contributed by atoms with Crippen molar-refractivity contribution < 1.29 is 33.4 Å². The Morgan fingerprint density at radius 1 is 1.10 bits per heavy atom. The van der Waals surface area contributed by atoms with Gasteiger partial charge in [0.2, 0.25) is 11.8 Å². The van der Waals surface area contributed by atoms with Crippen LogP contribution in [0.5, 0.6) is 5.75 Å². The minimum absolute atomic E-state index is 0.0197. The lowest BCUT2D eigenvalue weighted by molar-refractivity contribution is -0.131. The maximum Gasteiger partial charge on any atom is 0.289 e. The minimum Gasteiger partial charge on any atom is -0.492 e. The summed E-state index contributed by atoms with van der Waals surface area (Å²) in [7, 11) is 0. The fourth-order valence-electron chi connectivity index (χ4n) is 5.19. The monoisotopic (exact) mass is 717 g/mol. The van der Waals surface area contributed by atoms with E-state index in [1.54, 1.807) is 39.5 Å². The Bertz CT molecular complexity index is 1590. The summed E-state index contributed by atoms with van der Waals surface area (Å²) in [6, 6.07) is 5.57. The van der Waals surface area contributed by atoms with Gasteiger partial charge in [-0.1, -0.05) is 30.7 Å². The van der Waals surface area contributed by atoms with E-state index >= 15 is 0 Å². The van der Waals surface area contributed by atoms with Crippen molar-refractivity contribution in [2.75, 3.05) is 32.5 Å². The van der Waals surface area contributed by atoms with Gasteiger partial charge in [0.1, 0.15) is 23.6 Å². The van der Waals surface area contributed by atoms with Gasteiger partial charge in [-0.2, -0.15) is 11.8 Å². The van der Waals surface area contributed by atoms with E-state index in [1.807, 2.05) is 26.3 Å². The molecule has 0 saturated carbocycles. The molecule has 1 aromatic carbocycles. The van der Waals surface area contributed by atoms with E-state index in [1.165, 1.54) is 19.1 Å². The van der Waals surface area contributed by atoms with Gasteiger partial charge in [-0.3, -0.25) is 23.9 Å². The summed E-state index contributed by atoms with van der Waals surface area (Å²) in [6.07, 6.45) is 3.77. The number of halogens is 1. The number of rotatable bonds is 6. The topological polar surface area (TPSA) is 181 Å². The molecular weight excluding hydrogens is 674 g/mol. The smallest absolute Gasteiger partial charge is 0.289 e. The summed E-state index contributed by atoms with van der Waals surface area (Å²) in [5, 5.41) is 27.2. The van der Waals surface area contributed by atoms with Gasteiger partial charge in [0.25, 0.3) is 11.8 Å². The molecule has 2 aliphatic rings. The standard InChI is InChI=1S/C33H44ClN7O7S/c1-20(2)16-26-31(44)35-11-14-40(33(46)28-9-7-24(48-28)19-49-4)13-10-23-18-41(39-38-23)12-5-15-47-27-8-6-22(17-25(27)34)30(43)37-29(21(3)42)32(45)36-26/h6-9,17-18,20-21,26,29,42H,5,10-16,19H2,1-4H3,(H,35,44)(H,36,45)(H,37,43)/t21-,26-,29+/m1/s1. The molecule has 14 nitrogen and oxygen atoms in total. The van der Waals surface area contributed by atoms with Crippen molar-refractivity contribution in [1.29, 1.82) is 0 Å². The van der Waals surface area contributed by atoms with E-state index in [9.17, 15) is 24.3 Å². The molecule has 0 unspecified atom stereocenters. The number of carbonyl (C=O) groups excluding carboxylic acids is 4. The normalized spacial score (nSPS) is 19.4. The number of furan rings is 1. The quantitative estimate of drug-likeness (QED) is 0.277. The van der Waals surface area contributed by atoms with Crippen LogP contribution in [-0.4, -0.2) is 99.3 Å². The molecule has 49 heavy (non-hydrogen) atoms. The first-order valence-corrected chi connectivity index (χ1v) is 18.0. The second kappa shape index (κ2) is 18.1. The zero-order valence-electron chi connectivity index (χ0n) is 28.1. The van der Waals surface area contributed by atoms with Crippen molar-refractivity contribution in [3.05, 3.63) is 64.3 Å². The minimum atomic E-state index is -1.36. The largest absolute Gasteiger partial charge is 0.492 e. The molecule has 0 radical (unpaired) electrons. The Morgan fingerprint density at radius 3 is 2.61 bits per heavy atom. The molecule has 16 heteroatoms. The molecule has 266 valence electrons. The van der Waals surface area contributed by atoms with Crippen molar-refractivity contribution in [3.63, 3.8) is 0 Å². The molecule has 4 N–H and O–H groups in total. The Morgan fingerprint density at radius 2 is 1.90 bits per heavy atom. The van der Waals surface area contributed by atoms with Gasteiger partial charge in [-0.05, 0) is 55.9 Å². The van der Waals surface area contributed by atoms with Gasteiger partial charge < -0.3 is 35.1 Å². The van der Waals surface area contributed by atoms with Crippen LogP contribution in [0, 0.1) is 5.92 Å². The lowest BCUT2D eigenvalue weighted by atomic mass is 10.0. The third-order valence-electron chi connectivity index (χ3n) is 7.73. The van der Waals surface area contributed by atoms with Crippen LogP contribution in [0.2, 0.25) is 5.02 Å². The lowest BCUT2D eigenvalue weighted by Crippen LogP contribution is -2.57. The van der Waals surface area contributed by atoms with Crippen molar-refractivity contribution >= 4 is 47.0 Å². The van der Waals surface area contributed by atoms with Crippen LogP contribution >= 0.6 is 23.4 Å². The number of hydrogen-bond donors (Lipinski definition) is 4. The number of aromatic nitrogens is 3. The first-order chi connectivity index (χ1) is 23.4. The number of fused-ring (bicyclic) bond motifs is 17. The number of benzene rings is 1. The highest BCUT2D eigenvalue weighted by Gasteiger charge is 2.31. The molecule has 0 saturated heterocycles. The predicted octanol–water partition coefficient (Wildman–Crippen LogP) is 2.68. The summed E-state index contributed by atoms with van der Waals surface area (Å²) >= 11 is 7.98. The highest BCUT2D eigenvalue weighted by molar-refractivity contribution is 7.97. The van der Waals surface area contributed by atoms with Crippen molar-refractivity contribution in [2.24, 2.45) is 5.92 Å². The number of carbonyl (C=O) groups is 4. The maximum atomic E-state index is 13.5. The Labute approximate surface area is 294 Å². The number of hydrogen-bond acceptors (Lipinski definition) is 10. The average Bonchev–Trinajstić information content (AvgIpc) is 3.72. The molecule has 4 bridgehead atoms. The first-order valence-electron chi connectivity index (χ1n) is 16.2. The summed E-state index contributed by atoms with van der Waals surface area (Å²) in [4.78, 5) is 55.0. The first kappa shape index (κ1) is 37.7. The summed E-state index contributed by atoms with van der Waals surface area (Å²) in [5.74, 6) is -0.276. The molecule has 4 heterocycles. The fourth-order valence-corrected chi connectivity index (χ4v) is 5.87. The lowest BCUT2D eigenvalue weighted by Gasteiger charge is -2.26. The van der Waals surface area contributed by atoms with Crippen LogP contribution in [0.25, 0.3) is 0 Å². The molecule has 0 aliphatic carbocycles. The number of amides is 4. The van der Waals surface area contributed by atoms with Crippen molar-refractivity contribution in [1.82, 2.24) is 35.8 Å². The number of aryl methyl sites for hydroxylation is 1. The zero-order chi connectivity index (χ0) is 35.5. The fraction of sp³-hybridized carbons (Fsp3) is 0.515. The molecule has 3 aromatic rings. The van der Waals surface area contributed by atoms with E-state index in [0.717, 1.165) is 0 Å².